The van der Waals surface area contributed by atoms with Crippen molar-refractivity contribution in [3.8, 4) is 0 Å². The highest BCUT2D eigenvalue weighted by Gasteiger charge is 2.32. The van der Waals surface area contributed by atoms with Crippen molar-refractivity contribution in [2.45, 2.75) is 77.4 Å². The van der Waals surface area contributed by atoms with Crippen LogP contribution in [0.2, 0.25) is 0 Å². The van der Waals surface area contributed by atoms with Gasteiger partial charge >= 0.3 is 0 Å². The molecular weight excluding hydrogens is 310 g/mol. The lowest BCUT2D eigenvalue weighted by Gasteiger charge is -2.25. The van der Waals surface area contributed by atoms with Gasteiger partial charge in [-0.25, -0.2) is 0 Å². The second kappa shape index (κ2) is 11.0. The zero-order chi connectivity index (χ0) is 18.0. The third-order valence-electron chi connectivity index (χ3n) is 4.05. The van der Waals surface area contributed by atoms with E-state index < -0.39 is 0 Å². The van der Waals surface area contributed by atoms with Crippen LogP contribution in [0.15, 0.2) is 0 Å². The van der Waals surface area contributed by atoms with Gasteiger partial charge in [0.1, 0.15) is 5.60 Å². The van der Waals surface area contributed by atoms with Crippen LogP contribution < -0.4 is 0 Å². The molecule has 2 saturated heterocycles. The first-order valence-electron chi connectivity index (χ1n) is 9.02. The highest BCUT2D eigenvalue weighted by Crippen LogP contribution is 2.23. The number of rotatable bonds is 6. The van der Waals surface area contributed by atoms with Gasteiger partial charge in [0.15, 0.2) is 6.29 Å². The summed E-state index contributed by atoms with van der Waals surface area (Å²) in [6, 6.07) is 0.503. The molecule has 2 aliphatic heterocycles. The summed E-state index contributed by atoms with van der Waals surface area (Å²) in [5.74, 6) is 0. The van der Waals surface area contributed by atoms with E-state index in [4.69, 9.17) is 14.2 Å². The third-order valence-corrected chi connectivity index (χ3v) is 4.05. The monoisotopic (exact) mass is 345 g/mol. The van der Waals surface area contributed by atoms with E-state index in [9.17, 15) is 4.79 Å². The van der Waals surface area contributed by atoms with Crippen molar-refractivity contribution in [3.05, 3.63) is 0 Å². The topological polar surface area (TPSA) is 57.2 Å². The SMILES string of the molecule is CC(C)(C)OC=O.CCOCC1CC(OC2CCCCO2)CN1C. The fraction of sp³-hybridized carbons (Fsp3) is 0.944. The molecule has 24 heavy (non-hydrogen) atoms. The van der Waals surface area contributed by atoms with Gasteiger partial charge in [0.05, 0.1) is 12.7 Å². The molecule has 142 valence electrons. The number of ether oxygens (including phenoxy) is 4. The summed E-state index contributed by atoms with van der Waals surface area (Å²) >= 11 is 0. The normalized spacial score (nSPS) is 28.1. The van der Waals surface area contributed by atoms with Crippen molar-refractivity contribution in [2.75, 3.05) is 33.4 Å². The minimum atomic E-state index is -0.318. The van der Waals surface area contributed by atoms with Crippen molar-refractivity contribution in [1.29, 1.82) is 0 Å². The predicted molar refractivity (Wildman–Crippen MR) is 92.9 cm³/mol. The Morgan fingerprint density at radius 2 is 2.04 bits per heavy atom. The van der Waals surface area contributed by atoms with E-state index >= 15 is 0 Å². The van der Waals surface area contributed by atoms with Gasteiger partial charge < -0.3 is 18.9 Å². The van der Waals surface area contributed by atoms with Gasteiger partial charge in [-0.05, 0) is 60.4 Å². The lowest BCUT2D eigenvalue weighted by Crippen LogP contribution is -2.30. The van der Waals surface area contributed by atoms with Crippen LogP contribution in [0.3, 0.4) is 0 Å². The molecule has 0 bridgehead atoms. The number of likely N-dealkylation sites (N-methyl/N-ethyl adjacent to an activating group) is 1. The van der Waals surface area contributed by atoms with E-state index in [1.54, 1.807) is 0 Å². The van der Waals surface area contributed by atoms with Crippen LogP contribution in [0.4, 0.5) is 0 Å². The Hall–Kier alpha value is -0.690. The van der Waals surface area contributed by atoms with Gasteiger partial charge in [0.25, 0.3) is 6.47 Å². The van der Waals surface area contributed by atoms with Crippen LogP contribution in [0.25, 0.3) is 0 Å². The second-order valence-electron chi connectivity index (χ2n) is 7.37. The van der Waals surface area contributed by atoms with E-state index in [-0.39, 0.29) is 11.9 Å². The molecule has 0 aliphatic carbocycles. The average molecular weight is 345 g/mol. The highest BCUT2D eigenvalue weighted by molar-refractivity contribution is 5.37. The number of carbonyl (C=O) groups is 1. The highest BCUT2D eigenvalue weighted by atomic mass is 16.7. The summed E-state index contributed by atoms with van der Waals surface area (Å²) < 4.78 is 21.7. The van der Waals surface area contributed by atoms with E-state index in [0.717, 1.165) is 39.2 Å². The Morgan fingerprint density at radius 3 is 2.54 bits per heavy atom. The molecule has 0 aromatic carbocycles. The van der Waals surface area contributed by atoms with E-state index in [1.165, 1.54) is 12.8 Å². The molecule has 2 fully saturated rings. The van der Waals surface area contributed by atoms with Gasteiger partial charge in [-0.15, -0.1) is 0 Å². The van der Waals surface area contributed by atoms with Gasteiger partial charge in [0.2, 0.25) is 0 Å². The molecule has 2 rings (SSSR count). The van der Waals surface area contributed by atoms with Crippen molar-refractivity contribution in [3.63, 3.8) is 0 Å². The second-order valence-corrected chi connectivity index (χ2v) is 7.37. The minimum absolute atomic E-state index is 0.0352. The molecule has 0 saturated carbocycles. The van der Waals surface area contributed by atoms with Gasteiger partial charge in [-0.2, -0.15) is 0 Å². The summed E-state index contributed by atoms with van der Waals surface area (Å²) in [5.41, 5.74) is -0.318. The summed E-state index contributed by atoms with van der Waals surface area (Å²) in [6.45, 7) is 11.4. The van der Waals surface area contributed by atoms with E-state index in [2.05, 4.69) is 16.7 Å². The maximum atomic E-state index is 9.60. The Balaban J connectivity index is 0.000000351. The maximum absolute atomic E-state index is 9.60. The van der Waals surface area contributed by atoms with E-state index in [1.807, 2.05) is 27.7 Å². The van der Waals surface area contributed by atoms with Crippen molar-refractivity contribution in [2.24, 2.45) is 0 Å². The summed E-state index contributed by atoms with van der Waals surface area (Å²) in [4.78, 5) is 11.9. The zero-order valence-electron chi connectivity index (χ0n) is 16.0. The molecule has 0 aromatic heterocycles. The first-order valence-corrected chi connectivity index (χ1v) is 9.02. The van der Waals surface area contributed by atoms with Crippen LogP contribution in [-0.4, -0.2) is 68.8 Å². The quantitative estimate of drug-likeness (QED) is 0.690. The lowest BCUT2D eigenvalue weighted by molar-refractivity contribution is -0.185. The Kier molecular flexibility index (Phi) is 9.81. The smallest absolute Gasteiger partial charge is 0.293 e. The van der Waals surface area contributed by atoms with Crippen LogP contribution >= 0.6 is 0 Å². The van der Waals surface area contributed by atoms with Crippen LogP contribution in [0.1, 0.15) is 53.4 Å². The molecule has 6 nitrogen and oxygen atoms in total. The molecule has 3 atom stereocenters. The summed E-state index contributed by atoms with van der Waals surface area (Å²) in [5, 5.41) is 0. The fourth-order valence-corrected chi connectivity index (χ4v) is 2.75. The Bertz CT molecular complexity index is 339. The average Bonchev–Trinajstić information content (AvgIpc) is 2.85. The number of hydrogen-bond acceptors (Lipinski definition) is 6. The van der Waals surface area contributed by atoms with Crippen LogP contribution in [0, 0.1) is 0 Å². The summed E-state index contributed by atoms with van der Waals surface area (Å²) in [7, 11) is 2.15. The molecule has 6 heteroatoms. The third kappa shape index (κ3) is 8.97. The van der Waals surface area contributed by atoms with Crippen molar-refractivity contribution >= 4 is 6.47 Å². The van der Waals surface area contributed by atoms with Crippen LogP contribution in [-0.2, 0) is 23.7 Å². The first kappa shape index (κ1) is 21.4. The molecule has 0 spiro atoms. The number of nitrogens with zero attached hydrogens (tertiary/aromatic N) is 1. The largest absolute Gasteiger partial charge is 0.462 e. The Labute approximate surface area is 146 Å². The fourth-order valence-electron chi connectivity index (χ4n) is 2.75. The predicted octanol–water partition coefficient (Wildman–Crippen LogP) is 2.60. The van der Waals surface area contributed by atoms with Crippen LogP contribution in [0.5, 0.6) is 0 Å². The maximum Gasteiger partial charge on any atom is 0.293 e. The molecule has 3 unspecified atom stereocenters. The van der Waals surface area contributed by atoms with Crippen molar-refractivity contribution in [1.82, 2.24) is 4.90 Å². The van der Waals surface area contributed by atoms with Crippen molar-refractivity contribution < 1.29 is 23.7 Å². The molecule has 2 heterocycles. The lowest BCUT2D eigenvalue weighted by atomic mass is 10.2. The molecule has 2 aliphatic rings. The van der Waals surface area contributed by atoms with E-state index in [0.29, 0.717) is 18.6 Å². The molecular formula is C18H35NO5. The van der Waals surface area contributed by atoms with Gasteiger partial charge in [0, 0.05) is 25.8 Å². The number of carbonyl (C=O) groups excluding carboxylic acids is 1. The molecule has 0 N–H and O–H groups in total. The molecule has 0 amide bonds. The Morgan fingerprint density at radius 1 is 1.29 bits per heavy atom. The zero-order valence-corrected chi connectivity index (χ0v) is 16.0. The standard InChI is InChI=1S/C13H25NO3.C5H10O2/c1-3-15-10-11-8-12(9-14(11)2)17-13-6-4-5-7-16-13;1-5(2,3)7-4-6/h11-13H,3-10H2,1-2H3;4H,1-3H3. The molecule has 0 aromatic rings. The first-order chi connectivity index (χ1) is 11.4. The number of hydrogen-bond donors (Lipinski definition) is 0. The number of likely N-dealkylation sites (tertiary alicyclic amines) is 1. The van der Waals surface area contributed by atoms with Gasteiger partial charge in [-0.1, -0.05) is 0 Å². The van der Waals surface area contributed by atoms with Gasteiger partial charge in [-0.3, -0.25) is 9.69 Å². The molecule has 0 radical (unpaired) electrons. The summed E-state index contributed by atoms with van der Waals surface area (Å²) in [6.07, 6.45) is 4.88. The minimum Gasteiger partial charge on any atom is -0.462 e.